The average molecular weight is 244 g/mol. The third kappa shape index (κ3) is 2.84. The summed E-state index contributed by atoms with van der Waals surface area (Å²) in [5, 5.41) is 4.85. The minimum absolute atomic E-state index is 0.419. The van der Waals surface area contributed by atoms with Crippen LogP contribution in [0.25, 0.3) is 0 Å². The monoisotopic (exact) mass is 244 g/mol. The molecule has 86 valence electrons. The number of aliphatic imine (C=N–C) groups is 1. The normalized spacial score (nSPS) is 28.5. The van der Waals surface area contributed by atoms with E-state index < -0.39 is 0 Å². The van der Waals surface area contributed by atoms with Crippen LogP contribution in [0.3, 0.4) is 0 Å². The smallest absolute Gasteiger partial charge is 0.157 e. The van der Waals surface area contributed by atoms with Crippen molar-refractivity contribution in [1.82, 2.24) is 5.32 Å². The second-order valence-corrected chi connectivity index (χ2v) is 6.51. The maximum Gasteiger partial charge on any atom is 0.157 e. The highest BCUT2D eigenvalue weighted by molar-refractivity contribution is 8.14. The summed E-state index contributed by atoms with van der Waals surface area (Å²) in [6.07, 6.45) is 7.61. The molecule has 0 bridgehead atoms. The van der Waals surface area contributed by atoms with Crippen LogP contribution in [0.15, 0.2) is 4.99 Å². The highest BCUT2D eigenvalue weighted by Gasteiger charge is 2.39. The Hall–Kier alpha value is 0.170. The molecule has 1 aliphatic heterocycles. The van der Waals surface area contributed by atoms with E-state index in [1.807, 2.05) is 23.5 Å². The summed E-state index contributed by atoms with van der Waals surface area (Å²) in [6.45, 7) is 2.20. The molecule has 4 heteroatoms. The van der Waals surface area contributed by atoms with Crippen LogP contribution in [-0.4, -0.2) is 34.5 Å². The molecule has 1 N–H and O–H groups in total. The Morgan fingerprint density at radius 3 is 2.93 bits per heavy atom. The maximum absolute atomic E-state index is 4.73. The van der Waals surface area contributed by atoms with Crippen LogP contribution in [0.4, 0.5) is 0 Å². The summed E-state index contributed by atoms with van der Waals surface area (Å²) in [4.78, 5) is 4.73. The molecule has 2 aliphatic rings. The fourth-order valence-electron chi connectivity index (χ4n) is 2.37. The fraction of sp³-hybridized carbons (Fsp3) is 0.909. The number of amidine groups is 1. The van der Waals surface area contributed by atoms with Gasteiger partial charge in [0.15, 0.2) is 5.17 Å². The van der Waals surface area contributed by atoms with Crippen LogP contribution < -0.4 is 5.32 Å². The Bertz CT molecular complexity index is 247. The molecule has 1 saturated carbocycles. The zero-order valence-corrected chi connectivity index (χ0v) is 11.2. The quantitative estimate of drug-likeness (QED) is 0.826. The van der Waals surface area contributed by atoms with Crippen LogP contribution in [-0.2, 0) is 0 Å². The van der Waals surface area contributed by atoms with E-state index in [0.717, 1.165) is 5.75 Å². The molecule has 0 radical (unpaired) electrons. The molecule has 0 aromatic carbocycles. The van der Waals surface area contributed by atoms with E-state index >= 15 is 0 Å². The number of rotatable bonds is 3. The van der Waals surface area contributed by atoms with Crippen molar-refractivity contribution in [3.05, 3.63) is 0 Å². The van der Waals surface area contributed by atoms with Gasteiger partial charge in [-0.25, -0.2) is 0 Å². The molecule has 0 aromatic heterocycles. The van der Waals surface area contributed by atoms with Crippen molar-refractivity contribution in [2.24, 2.45) is 4.99 Å². The number of thioether (sulfide) groups is 2. The third-order valence-electron chi connectivity index (χ3n) is 3.16. The molecule has 0 amide bonds. The average Bonchev–Trinajstić information content (AvgIpc) is 2.79. The van der Waals surface area contributed by atoms with Gasteiger partial charge < -0.3 is 5.32 Å². The van der Waals surface area contributed by atoms with Gasteiger partial charge in [0.05, 0.1) is 6.04 Å². The number of nitrogens with one attached hydrogen (secondary N) is 1. The van der Waals surface area contributed by atoms with Crippen molar-refractivity contribution in [3.63, 3.8) is 0 Å². The maximum atomic E-state index is 4.73. The Morgan fingerprint density at radius 2 is 2.27 bits per heavy atom. The van der Waals surface area contributed by atoms with Crippen LogP contribution in [0, 0.1) is 0 Å². The number of hydrogen-bond donors (Lipinski definition) is 1. The van der Waals surface area contributed by atoms with Crippen LogP contribution in [0.5, 0.6) is 0 Å². The van der Waals surface area contributed by atoms with Gasteiger partial charge in [0.1, 0.15) is 0 Å². The molecular weight excluding hydrogens is 224 g/mol. The predicted octanol–water partition coefficient (Wildman–Crippen LogP) is 2.74. The summed E-state index contributed by atoms with van der Waals surface area (Å²) in [5.41, 5.74) is 0.419. The van der Waals surface area contributed by atoms with Gasteiger partial charge in [0.2, 0.25) is 0 Å². The lowest BCUT2D eigenvalue weighted by Gasteiger charge is -2.22. The van der Waals surface area contributed by atoms with Crippen molar-refractivity contribution in [1.29, 1.82) is 0 Å². The van der Waals surface area contributed by atoms with Crippen LogP contribution in [0.2, 0.25) is 0 Å². The van der Waals surface area contributed by atoms with Crippen molar-refractivity contribution in [2.75, 3.05) is 17.8 Å². The van der Waals surface area contributed by atoms with Gasteiger partial charge in [0, 0.05) is 17.0 Å². The van der Waals surface area contributed by atoms with Gasteiger partial charge in [-0.15, -0.1) is 0 Å². The van der Waals surface area contributed by atoms with Crippen molar-refractivity contribution >= 4 is 28.7 Å². The zero-order chi connectivity index (χ0) is 10.7. The molecule has 2 fully saturated rings. The van der Waals surface area contributed by atoms with E-state index in [4.69, 9.17) is 4.99 Å². The molecule has 1 aliphatic carbocycles. The highest BCUT2D eigenvalue weighted by atomic mass is 32.2. The van der Waals surface area contributed by atoms with E-state index in [1.54, 1.807) is 0 Å². The van der Waals surface area contributed by atoms with Crippen LogP contribution >= 0.6 is 23.5 Å². The van der Waals surface area contributed by atoms with Gasteiger partial charge in [-0.05, 0) is 26.0 Å². The number of nitrogens with zero attached hydrogens (tertiary/aromatic N) is 1. The molecule has 2 rings (SSSR count). The lowest BCUT2D eigenvalue weighted by atomic mass is 10.0. The largest absolute Gasteiger partial charge is 0.359 e. The lowest BCUT2D eigenvalue weighted by molar-refractivity contribution is 0.452. The third-order valence-corrected chi connectivity index (χ3v) is 5.16. The molecule has 2 nitrogen and oxygen atoms in total. The van der Waals surface area contributed by atoms with Gasteiger partial charge in [-0.1, -0.05) is 24.6 Å². The van der Waals surface area contributed by atoms with Crippen molar-refractivity contribution in [3.8, 4) is 0 Å². The minimum Gasteiger partial charge on any atom is -0.359 e. The highest BCUT2D eigenvalue weighted by Crippen LogP contribution is 2.37. The predicted molar refractivity (Wildman–Crippen MR) is 72.1 cm³/mol. The SMILES string of the molecule is CSCC(C)N=C1NC2(CCCC2)CS1. The van der Waals surface area contributed by atoms with E-state index in [9.17, 15) is 0 Å². The Kier molecular flexibility index (Phi) is 3.88. The Labute approximate surface area is 101 Å². The topological polar surface area (TPSA) is 24.4 Å². The summed E-state index contributed by atoms with van der Waals surface area (Å²) in [6, 6.07) is 0.451. The van der Waals surface area contributed by atoms with Gasteiger partial charge in [0.25, 0.3) is 0 Å². The molecule has 1 atom stereocenters. The fourth-order valence-corrected chi connectivity index (χ4v) is 4.25. The van der Waals surface area contributed by atoms with Crippen molar-refractivity contribution in [2.45, 2.75) is 44.2 Å². The first-order valence-electron chi connectivity index (χ1n) is 5.72. The van der Waals surface area contributed by atoms with E-state index in [0.29, 0.717) is 11.6 Å². The summed E-state index contributed by atoms with van der Waals surface area (Å²) < 4.78 is 0. The van der Waals surface area contributed by atoms with Gasteiger partial charge in [-0.2, -0.15) is 11.8 Å². The lowest BCUT2D eigenvalue weighted by Crippen LogP contribution is -2.40. The van der Waals surface area contributed by atoms with E-state index in [2.05, 4.69) is 18.5 Å². The molecule has 1 spiro atoms. The Balaban J connectivity index is 1.91. The second-order valence-electron chi connectivity index (χ2n) is 4.64. The standard InChI is InChI=1S/C11H20N2S2/c1-9(7-14-2)12-10-13-11(8-15-10)5-3-4-6-11/h9H,3-8H2,1-2H3,(H,12,13). The zero-order valence-electron chi connectivity index (χ0n) is 9.58. The molecule has 1 unspecified atom stereocenters. The van der Waals surface area contributed by atoms with E-state index in [1.165, 1.54) is 36.6 Å². The first kappa shape index (κ1) is 11.6. The second kappa shape index (κ2) is 5.00. The summed E-state index contributed by atoms with van der Waals surface area (Å²) in [5.74, 6) is 2.36. The van der Waals surface area contributed by atoms with Crippen LogP contribution in [0.1, 0.15) is 32.6 Å². The molecule has 1 saturated heterocycles. The number of hydrogen-bond acceptors (Lipinski definition) is 3. The first-order valence-corrected chi connectivity index (χ1v) is 8.10. The molecule has 1 heterocycles. The van der Waals surface area contributed by atoms with Crippen molar-refractivity contribution < 1.29 is 0 Å². The van der Waals surface area contributed by atoms with Gasteiger partial charge in [-0.3, -0.25) is 4.99 Å². The minimum atomic E-state index is 0.419. The Morgan fingerprint density at radius 1 is 1.53 bits per heavy atom. The molecule has 0 aromatic rings. The first-order chi connectivity index (χ1) is 7.24. The van der Waals surface area contributed by atoms with Gasteiger partial charge >= 0.3 is 0 Å². The molecule has 15 heavy (non-hydrogen) atoms. The summed E-state index contributed by atoms with van der Waals surface area (Å²) >= 11 is 3.80. The van der Waals surface area contributed by atoms with E-state index in [-0.39, 0.29) is 0 Å². The summed E-state index contributed by atoms with van der Waals surface area (Å²) in [7, 11) is 0. The molecular formula is C11H20N2S2.